The van der Waals surface area contributed by atoms with Gasteiger partial charge in [0.2, 0.25) is 0 Å². The lowest BCUT2D eigenvalue weighted by molar-refractivity contribution is 0.0961. The highest BCUT2D eigenvalue weighted by molar-refractivity contribution is 7.90. The molecule has 2 heterocycles. The molecule has 0 unspecified atom stereocenters. The van der Waals surface area contributed by atoms with E-state index in [0.717, 1.165) is 35.1 Å². The SMILES string of the molecule is COc1ccc(C=N[C@H](CS(=O)(=O)Cc2cnc3ccccc3c2)[C@H]2CCCO2)cc1. The fraction of sp³-hybridized carbons (Fsp3) is 0.333. The van der Waals surface area contributed by atoms with Crippen molar-refractivity contribution in [3.63, 3.8) is 0 Å². The van der Waals surface area contributed by atoms with Crippen LogP contribution in [0.3, 0.4) is 0 Å². The second-order valence-corrected chi connectivity index (χ2v) is 9.87. The van der Waals surface area contributed by atoms with E-state index < -0.39 is 15.9 Å². The summed E-state index contributed by atoms with van der Waals surface area (Å²) in [6.07, 6.45) is 4.92. The molecule has 0 bridgehead atoms. The van der Waals surface area contributed by atoms with Crippen molar-refractivity contribution in [1.82, 2.24) is 4.98 Å². The summed E-state index contributed by atoms with van der Waals surface area (Å²) in [5, 5.41) is 0.934. The normalized spacial score (nSPS) is 17.9. The number of methoxy groups -OCH3 is 1. The van der Waals surface area contributed by atoms with Crippen molar-refractivity contribution >= 4 is 27.0 Å². The summed E-state index contributed by atoms with van der Waals surface area (Å²) in [6, 6.07) is 16.6. The fourth-order valence-electron chi connectivity index (χ4n) is 3.79. The molecule has 2 aromatic carbocycles. The Morgan fingerprint density at radius 3 is 2.77 bits per heavy atom. The first-order chi connectivity index (χ1) is 15.0. The van der Waals surface area contributed by atoms with Crippen molar-refractivity contribution < 1.29 is 17.9 Å². The molecular formula is C24H26N2O4S. The molecule has 2 atom stereocenters. The molecule has 0 amide bonds. The van der Waals surface area contributed by atoms with E-state index in [-0.39, 0.29) is 17.6 Å². The minimum Gasteiger partial charge on any atom is -0.497 e. The summed E-state index contributed by atoms with van der Waals surface area (Å²) < 4.78 is 37.0. The second-order valence-electron chi connectivity index (χ2n) is 7.76. The average Bonchev–Trinajstić information content (AvgIpc) is 3.31. The molecule has 1 aliphatic rings. The Morgan fingerprint density at radius 1 is 1.23 bits per heavy atom. The van der Waals surface area contributed by atoms with Gasteiger partial charge in [0.15, 0.2) is 9.84 Å². The molecule has 0 radical (unpaired) electrons. The smallest absolute Gasteiger partial charge is 0.156 e. The second kappa shape index (κ2) is 9.58. The van der Waals surface area contributed by atoms with Crippen LogP contribution in [0.25, 0.3) is 10.9 Å². The van der Waals surface area contributed by atoms with Crippen LogP contribution in [0, 0.1) is 0 Å². The van der Waals surface area contributed by atoms with Gasteiger partial charge in [0.1, 0.15) is 5.75 Å². The van der Waals surface area contributed by atoms with Crippen LogP contribution in [0.4, 0.5) is 0 Å². The Morgan fingerprint density at radius 2 is 2.03 bits per heavy atom. The van der Waals surface area contributed by atoms with Crippen LogP contribution in [0.5, 0.6) is 5.75 Å². The van der Waals surface area contributed by atoms with Crippen LogP contribution < -0.4 is 4.74 Å². The van der Waals surface area contributed by atoms with E-state index in [4.69, 9.17) is 9.47 Å². The molecule has 0 N–H and O–H groups in total. The number of aliphatic imine (C=N–C) groups is 1. The number of hydrogen-bond donors (Lipinski definition) is 0. The van der Waals surface area contributed by atoms with Gasteiger partial charge in [-0.05, 0) is 60.4 Å². The van der Waals surface area contributed by atoms with Crippen LogP contribution in [0.1, 0.15) is 24.0 Å². The lowest BCUT2D eigenvalue weighted by Crippen LogP contribution is -2.32. The summed E-state index contributed by atoms with van der Waals surface area (Å²) in [7, 11) is -1.79. The van der Waals surface area contributed by atoms with Crippen LogP contribution in [-0.4, -0.2) is 51.2 Å². The predicted molar refractivity (Wildman–Crippen MR) is 123 cm³/mol. The highest BCUT2D eigenvalue weighted by atomic mass is 32.2. The largest absolute Gasteiger partial charge is 0.497 e. The molecule has 1 saturated heterocycles. The number of pyridine rings is 1. The molecule has 1 fully saturated rings. The first-order valence-corrected chi connectivity index (χ1v) is 12.2. The van der Waals surface area contributed by atoms with Crippen molar-refractivity contribution in [2.75, 3.05) is 19.5 Å². The van der Waals surface area contributed by atoms with E-state index >= 15 is 0 Å². The number of aromatic nitrogens is 1. The third-order valence-electron chi connectivity index (χ3n) is 5.38. The Balaban J connectivity index is 1.51. The van der Waals surface area contributed by atoms with Gasteiger partial charge in [-0.2, -0.15) is 0 Å². The Hall–Kier alpha value is -2.77. The number of benzene rings is 2. The minimum absolute atomic E-state index is 0.0584. The summed E-state index contributed by atoms with van der Waals surface area (Å²) >= 11 is 0. The van der Waals surface area contributed by atoms with Gasteiger partial charge >= 0.3 is 0 Å². The van der Waals surface area contributed by atoms with Crippen molar-refractivity contribution in [3.8, 4) is 5.75 Å². The maximum Gasteiger partial charge on any atom is 0.156 e. The average molecular weight is 439 g/mol. The summed E-state index contributed by atoms with van der Waals surface area (Å²) in [4.78, 5) is 9.01. The highest BCUT2D eigenvalue weighted by Crippen LogP contribution is 2.22. The van der Waals surface area contributed by atoms with Gasteiger partial charge in [-0.25, -0.2) is 8.42 Å². The maximum atomic E-state index is 13.0. The lowest BCUT2D eigenvalue weighted by atomic mass is 10.1. The summed E-state index contributed by atoms with van der Waals surface area (Å²) in [6.45, 7) is 0.647. The first kappa shape index (κ1) is 21.5. The lowest BCUT2D eigenvalue weighted by Gasteiger charge is -2.19. The van der Waals surface area contributed by atoms with Crippen molar-refractivity contribution in [3.05, 3.63) is 71.9 Å². The van der Waals surface area contributed by atoms with Gasteiger partial charge in [0.25, 0.3) is 0 Å². The predicted octanol–water partition coefficient (Wildman–Crippen LogP) is 3.82. The first-order valence-electron chi connectivity index (χ1n) is 10.4. The summed E-state index contributed by atoms with van der Waals surface area (Å²) in [5.41, 5.74) is 2.42. The molecule has 6 nitrogen and oxygen atoms in total. The standard InChI is InChI=1S/C24H26N2O4S/c1-29-21-10-8-18(9-11-21)14-26-23(24-7-4-12-30-24)17-31(27,28)16-19-13-20-5-2-3-6-22(20)25-15-19/h2-3,5-6,8-11,13-15,23-24H,4,7,12,16-17H2,1H3/t23-,24-/m1/s1. The summed E-state index contributed by atoms with van der Waals surface area (Å²) in [5.74, 6) is 0.642. The molecule has 3 aromatic rings. The molecule has 4 rings (SSSR count). The number of hydrogen-bond acceptors (Lipinski definition) is 6. The van der Waals surface area contributed by atoms with Gasteiger partial charge < -0.3 is 9.47 Å². The third-order valence-corrected chi connectivity index (χ3v) is 7.01. The van der Waals surface area contributed by atoms with E-state index in [1.165, 1.54) is 0 Å². The molecule has 162 valence electrons. The Labute approximate surface area is 182 Å². The van der Waals surface area contributed by atoms with E-state index in [1.807, 2.05) is 54.6 Å². The van der Waals surface area contributed by atoms with Crippen LogP contribution in [0.2, 0.25) is 0 Å². The topological polar surface area (TPSA) is 77.9 Å². The zero-order chi connectivity index (χ0) is 21.7. The number of ether oxygens (including phenoxy) is 2. The molecule has 0 aliphatic carbocycles. The van der Waals surface area contributed by atoms with Crippen molar-refractivity contribution in [2.24, 2.45) is 4.99 Å². The molecule has 0 spiro atoms. The molecule has 1 aliphatic heterocycles. The van der Waals surface area contributed by atoms with Crippen LogP contribution in [-0.2, 0) is 20.3 Å². The number of para-hydroxylation sites is 1. The van der Waals surface area contributed by atoms with Gasteiger partial charge in [0.05, 0.1) is 36.3 Å². The highest BCUT2D eigenvalue weighted by Gasteiger charge is 2.30. The van der Waals surface area contributed by atoms with Crippen LogP contribution >= 0.6 is 0 Å². The van der Waals surface area contributed by atoms with Crippen molar-refractivity contribution in [2.45, 2.75) is 30.7 Å². The van der Waals surface area contributed by atoms with Gasteiger partial charge in [-0.15, -0.1) is 0 Å². The third kappa shape index (κ3) is 5.68. The zero-order valence-electron chi connectivity index (χ0n) is 17.5. The van der Waals surface area contributed by atoms with Gasteiger partial charge in [-0.1, -0.05) is 18.2 Å². The maximum absolute atomic E-state index is 13.0. The van der Waals surface area contributed by atoms with E-state index in [0.29, 0.717) is 12.2 Å². The minimum atomic E-state index is -3.41. The quantitative estimate of drug-likeness (QED) is 0.500. The number of fused-ring (bicyclic) bond motifs is 1. The molecule has 7 heteroatoms. The molecular weight excluding hydrogens is 412 g/mol. The molecule has 0 saturated carbocycles. The van der Waals surface area contributed by atoms with E-state index in [2.05, 4.69) is 9.98 Å². The zero-order valence-corrected chi connectivity index (χ0v) is 18.3. The van der Waals surface area contributed by atoms with Crippen LogP contribution in [0.15, 0.2) is 65.8 Å². The van der Waals surface area contributed by atoms with Gasteiger partial charge in [0, 0.05) is 24.4 Å². The number of sulfone groups is 1. The van der Waals surface area contributed by atoms with Crippen molar-refractivity contribution in [1.29, 1.82) is 0 Å². The number of nitrogens with zero attached hydrogens (tertiary/aromatic N) is 2. The Bertz CT molecular complexity index is 1150. The number of rotatable bonds is 8. The fourth-order valence-corrected chi connectivity index (χ4v) is 5.40. The van der Waals surface area contributed by atoms with Gasteiger partial charge in [-0.3, -0.25) is 9.98 Å². The van der Waals surface area contributed by atoms with E-state index in [9.17, 15) is 8.42 Å². The monoisotopic (exact) mass is 438 g/mol. The molecule has 31 heavy (non-hydrogen) atoms. The Kier molecular flexibility index (Phi) is 6.63. The molecule has 1 aromatic heterocycles. The van der Waals surface area contributed by atoms with E-state index in [1.54, 1.807) is 19.5 Å².